The van der Waals surface area contributed by atoms with Gasteiger partial charge in [-0.05, 0) is 60.2 Å². The van der Waals surface area contributed by atoms with Crippen LogP contribution in [0.15, 0.2) is 72.8 Å². The average molecular weight is 415 g/mol. The van der Waals surface area contributed by atoms with Crippen molar-refractivity contribution < 1.29 is 22.6 Å². The Labute approximate surface area is 174 Å². The van der Waals surface area contributed by atoms with Crippen molar-refractivity contribution >= 4 is 5.69 Å². The van der Waals surface area contributed by atoms with Crippen LogP contribution in [0.25, 0.3) is 11.1 Å². The zero-order chi connectivity index (χ0) is 21.4. The first-order valence-electron chi connectivity index (χ1n) is 9.79. The Kier molecular flexibility index (Phi) is 7.22. The number of rotatable bonds is 9. The van der Waals surface area contributed by atoms with Gasteiger partial charge in [0, 0.05) is 7.05 Å². The Morgan fingerprint density at radius 2 is 1.53 bits per heavy atom. The van der Waals surface area contributed by atoms with Gasteiger partial charge in [-0.1, -0.05) is 48.5 Å². The monoisotopic (exact) mass is 415 g/mol. The molecule has 0 atom stereocenters. The number of hydrogen-bond donors (Lipinski definition) is 1. The fourth-order valence-electron chi connectivity index (χ4n) is 3.14. The first-order chi connectivity index (χ1) is 14.4. The van der Waals surface area contributed by atoms with Gasteiger partial charge in [0.1, 0.15) is 11.5 Å². The van der Waals surface area contributed by atoms with Gasteiger partial charge >= 0.3 is 6.36 Å². The lowest BCUT2D eigenvalue weighted by molar-refractivity contribution is -0.274. The lowest BCUT2D eigenvalue weighted by Crippen LogP contribution is -2.16. The first kappa shape index (κ1) is 21.6. The van der Waals surface area contributed by atoms with E-state index in [9.17, 15) is 13.2 Å². The summed E-state index contributed by atoms with van der Waals surface area (Å²) in [6, 6.07) is 21.8. The van der Waals surface area contributed by atoms with Gasteiger partial charge in [-0.3, -0.25) is 0 Å². The maximum Gasteiger partial charge on any atom is 0.573 e. The van der Waals surface area contributed by atoms with Crippen LogP contribution in [-0.4, -0.2) is 20.0 Å². The number of nitrogens with one attached hydrogen (secondary N) is 1. The van der Waals surface area contributed by atoms with E-state index < -0.39 is 6.36 Å². The molecule has 6 heteroatoms. The second-order valence-electron chi connectivity index (χ2n) is 6.82. The Hall–Kier alpha value is -3.15. The number of halogens is 3. The van der Waals surface area contributed by atoms with Crippen LogP contribution in [0.3, 0.4) is 0 Å². The van der Waals surface area contributed by atoms with E-state index in [0.717, 1.165) is 41.8 Å². The summed E-state index contributed by atoms with van der Waals surface area (Å²) in [5.41, 5.74) is 3.81. The largest absolute Gasteiger partial charge is 0.573 e. The first-order valence-corrected chi connectivity index (χ1v) is 9.79. The van der Waals surface area contributed by atoms with Crippen LogP contribution in [0, 0.1) is 0 Å². The Morgan fingerprint density at radius 3 is 2.20 bits per heavy atom. The fraction of sp³-hybridized carbons (Fsp3) is 0.250. The van der Waals surface area contributed by atoms with Gasteiger partial charge in [-0.25, -0.2) is 0 Å². The summed E-state index contributed by atoms with van der Waals surface area (Å²) in [6.07, 6.45) is -1.68. The molecule has 0 aliphatic carbocycles. The molecular weight excluding hydrogens is 391 g/mol. The van der Waals surface area contributed by atoms with Crippen molar-refractivity contribution in [2.75, 3.05) is 19.0 Å². The zero-order valence-electron chi connectivity index (χ0n) is 16.7. The van der Waals surface area contributed by atoms with Crippen LogP contribution in [0.4, 0.5) is 18.9 Å². The molecule has 0 saturated heterocycles. The van der Waals surface area contributed by atoms with Crippen molar-refractivity contribution in [3.05, 3.63) is 78.4 Å². The number of anilines is 1. The van der Waals surface area contributed by atoms with Crippen LogP contribution in [0.1, 0.15) is 18.4 Å². The summed E-state index contributed by atoms with van der Waals surface area (Å²) in [7, 11) is 1.81. The van der Waals surface area contributed by atoms with Crippen LogP contribution in [0.2, 0.25) is 0 Å². The minimum atomic E-state index is -4.69. The maximum absolute atomic E-state index is 12.3. The quantitative estimate of drug-likeness (QED) is 0.395. The van der Waals surface area contributed by atoms with E-state index >= 15 is 0 Å². The molecule has 0 heterocycles. The van der Waals surface area contributed by atoms with E-state index in [2.05, 4.69) is 22.2 Å². The second-order valence-corrected chi connectivity index (χ2v) is 6.82. The highest BCUT2D eigenvalue weighted by molar-refractivity contribution is 5.72. The minimum Gasteiger partial charge on any atom is -0.491 e. The normalized spacial score (nSPS) is 11.2. The average Bonchev–Trinajstić information content (AvgIpc) is 2.74. The van der Waals surface area contributed by atoms with Crippen molar-refractivity contribution in [3.8, 4) is 22.6 Å². The summed E-state index contributed by atoms with van der Waals surface area (Å²) in [5.74, 6) is 0.508. The van der Waals surface area contributed by atoms with Crippen LogP contribution in [-0.2, 0) is 6.42 Å². The summed E-state index contributed by atoms with van der Waals surface area (Å²) in [4.78, 5) is 0. The molecule has 0 saturated carbocycles. The molecule has 158 valence electrons. The molecule has 0 amide bonds. The molecule has 0 aromatic heterocycles. The summed E-state index contributed by atoms with van der Waals surface area (Å²) in [5, 5.41) is 3.12. The van der Waals surface area contributed by atoms with Crippen molar-refractivity contribution in [3.63, 3.8) is 0 Å². The molecular formula is C24H24F3NO2. The van der Waals surface area contributed by atoms with Crippen molar-refractivity contribution in [1.82, 2.24) is 0 Å². The highest BCUT2D eigenvalue weighted by Crippen LogP contribution is 2.32. The third-order valence-corrected chi connectivity index (χ3v) is 4.63. The standard InChI is InChI=1S/C24H24F3NO2/c1-28-22-17-20(19-10-13-21(14-11-19)30-24(25,26)27)12-15-23(22)29-16-6-5-9-18-7-3-2-4-8-18/h2-4,7-8,10-15,17,28H,5-6,9,16H2,1H3. The molecule has 0 aliphatic heterocycles. The summed E-state index contributed by atoms with van der Waals surface area (Å²) < 4.78 is 46.7. The second kappa shape index (κ2) is 10.1. The van der Waals surface area contributed by atoms with E-state index in [0.29, 0.717) is 6.61 Å². The molecule has 1 N–H and O–H groups in total. The number of aryl methyl sites for hydroxylation is 1. The molecule has 3 aromatic carbocycles. The molecule has 0 aliphatic rings. The third kappa shape index (κ3) is 6.44. The molecule has 0 bridgehead atoms. The van der Waals surface area contributed by atoms with Gasteiger partial charge in [0.15, 0.2) is 0 Å². The van der Waals surface area contributed by atoms with Gasteiger partial charge in [0.05, 0.1) is 12.3 Å². The van der Waals surface area contributed by atoms with Crippen molar-refractivity contribution in [1.29, 1.82) is 0 Å². The lowest BCUT2D eigenvalue weighted by atomic mass is 10.0. The topological polar surface area (TPSA) is 30.5 Å². The molecule has 3 aromatic rings. The SMILES string of the molecule is CNc1cc(-c2ccc(OC(F)(F)F)cc2)ccc1OCCCCc1ccccc1. The van der Waals surface area contributed by atoms with Gasteiger partial charge in [0.25, 0.3) is 0 Å². The van der Waals surface area contributed by atoms with Gasteiger partial charge in [0.2, 0.25) is 0 Å². The van der Waals surface area contributed by atoms with E-state index in [4.69, 9.17) is 4.74 Å². The molecule has 3 rings (SSSR count). The highest BCUT2D eigenvalue weighted by atomic mass is 19.4. The molecule has 0 radical (unpaired) electrons. The predicted molar refractivity (Wildman–Crippen MR) is 113 cm³/mol. The van der Waals surface area contributed by atoms with Gasteiger partial charge in [-0.2, -0.15) is 0 Å². The smallest absolute Gasteiger partial charge is 0.491 e. The van der Waals surface area contributed by atoms with Crippen LogP contribution < -0.4 is 14.8 Å². The van der Waals surface area contributed by atoms with Crippen LogP contribution in [0.5, 0.6) is 11.5 Å². The van der Waals surface area contributed by atoms with E-state index in [1.165, 1.54) is 17.7 Å². The molecule has 0 fully saturated rings. The maximum atomic E-state index is 12.3. The Balaban J connectivity index is 1.56. The van der Waals surface area contributed by atoms with E-state index in [-0.39, 0.29) is 5.75 Å². The third-order valence-electron chi connectivity index (χ3n) is 4.63. The number of hydrogen-bond acceptors (Lipinski definition) is 3. The number of alkyl halides is 3. The van der Waals surface area contributed by atoms with E-state index in [1.807, 2.05) is 43.4 Å². The number of benzene rings is 3. The molecule has 3 nitrogen and oxygen atoms in total. The number of ether oxygens (including phenoxy) is 2. The minimum absolute atomic E-state index is 0.240. The zero-order valence-corrected chi connectivity index (χ0v) is 16.7. The predicted octanol–water partition coefficient (Wildman–Crippen LogP) is 6.70. The highest BCUT2D eigenvalue weighted by Gasteiger charge is 2.30. The van der Waals surface area contributed by atoms with Crippen LogP contribution >= 0.6 is 0 Å². The lowest BCUT2D eigenvalue weighted by Gasteiger charge is -2.14. The van der Waals surface area contributed by atoms with Crippen molar-refractivity contribution in [2.24, 2.45) is 0 Å². The Morgan fingerprint density at radius 1 is 0.833 bits per heavy atom. The molecule has 30 heavy (non-hydrogen) atoms. The van der Waals surface area contributed by atoms with Crippen molar-refractivity contribution in [2.45, 2.75) is 25.6 Å². The van der Waals surface area contributed by atoms with E-state index in [1.54, 1.807) is 12.1 Å². The fourth-order valence-corrected chi connectivity index (χ4v) is 3.14. The molecule has 0 spiro atoms. The Bertz CT molecular complexity index is 925. The molecule has 0 unspecified atom stereocenters. The summed E-state index contributed by atoms with van der Waals surface area (Å²) >= 11 is 0. The van der Waals surface area contributed by atoms with Gasteiger partial charge in [-0.15, -0.1) is 13.2 Å². The number of unbranched alkanes of at least 4 members (excludes halogenated alkanes) is 1. The van der Waals surface area contributed by atoms with Gasteiger partial charge < -0.3 is 14.8 Å². The summed E-state index contributed by atoms with van der Waals surface area (Å²) in [6.45, 7) is 0.615.